The standard InChI is InChI=1S/C17H18N4O4S/c1-24-12-9-14(21(10-12)26(2,22)23)17-19-16(20-25-17)15-13-6-4-3-5-11(13)7-8-18-15/h3-8,12,14H,9-10H2,1-2H3/t12-,14+/m0/s1. The fraction of sp³-hybridized carbons (Fsp3) is 0.353. The first-order valence-corrected chi connectivity index (χ1v) is 9.99. The highest BCUT2D eigenvalue weighted by Crippen LogP contribution is 2.35. The van der Waals surface area contributed by atoms with Crippen LogP contribution < -0.4 is 0 Å². The van der Waals surface area contributed by atoms with Crippen LogP contribution in [0.3, 0.4) is 0 Å². The summed E-state index contributed by atoms with van der Waals surface area (Å²) < 4.78 is 36.3. The third-order valence-electron chi connectivity index (χ3n) is 4.59. The molecule has 8 nitrogen and oxygen atoms in total. The average molecular weight is 374 g/mol. The predicted octanol–water partition coefficient (Wildman–Crippen LogP) is 2.01. The summed E-state index contributed by atoms with van der Waals surface area (Å²) in [5, 5.41) is 5.96. The lowest BCUT2D eigenvalue weighted by molar-refractivity contribution is 0.114. The summed E-state index contributed by atoms with van der Waals surface area (Å²) in [5.74, 6) is 0.589. The lowest BCUT2D eigenvalue weighted by Crippen LogP contribution is -2.31. The van der Waals surface area contributed by atoms with E-state index >= 15 is 0 Å². The number of ether oxygens (including phenoxy) is 1. The minimum atomic E-state index is -3.42. The maximum atomic E-state index is 12.1. The van der Waals surface area contributed by atoms with Crippen LogP contribution in [0.2, 0.25) is 0 Å². The summed E-state index contributed by atoms with van der Waals surface area (Å²) in [6.45, 7) is 0.268. The van der Waals surface area contributed by atoms with Crippen LogP contribution in [-0.2, 0) is 14.8 Å². The van der Waals surface area contributed by atoms with Crippen LogP contribution in [0.5, 0.6) is 0 Å². The van der Waals surface area contributed by atoms with Crippen molar-refractivity contribution in [3.05, 3.63) is 42.4 Å². The van der Waals surface area contributed by atoms with Gasteiger partial charge in [-0.25, -0.2) is 8.42 Å². The van der Waals surface area contributed by atoms with E-state index in [2.05, 4.69) is 15.1 Å². The monoisotopic (exact) mass is 374 g/mol. The van der Waals surface area contributed by atoms with Gasteiger partial charge >= 0.3 is 0 Å². The first kappa shape index (κ1) is 17.1. The Hall–Kier alpha value is -2.36. The highest BCUT2D eigenvalue weighted by Gasteiger charge is 2.41. The van der Waals surface area contributed by atoms with Crippen LogP contribution in [0.15, 0.2) is 41.1 Å². The van der Waals surface area contributed by atoms with Crippen molar-refractivity contribution in [2.24, 2.45) is 0 Å². The van der Waals surface area contributed by atoms with E-state index in [1.807, 2.05) is 30.3 Å². The van der Waals surface area contributed by atoms with Crippen molar-refractivity contribution in [3.8, 4) is 11.5 Å². The highest BCUT2D eigenvalue weighted by atomic mass is 32.2. The normalized spacial score (nSPS) is 21.5. The molecule has 1 aliphatic heterocycles. The first-order chi connectivity index (χ1) is 12.5. The molecule has 0 aliphatic carbocycles. The van der Waals surface area contributed by atoms with Crippen molar-refractivity contribution < 1.29 is 17.7 Å². The maximum Gasteiger partial charge on any atom is 0.245 e. The van der Waals surface area contributed by atoms with E-state index in [-0.39, 0.29) is 18.5 Å². The number of pyridine rings is 1. The number of nitrogens with zero attached hydrogens (tertiary/aromatic N) is 4. The second-order valence-corrected chi connectivity index (χ2v) is 8.21. The highest BCUT2D eigenvalue weighted by molar-refractivity contribution is 7.88. The van der Waals surface area contributed by atoms with Gasteiger partial charge < -0.3 is 9.26 Å². The van der Waals surface area contributed by atoms with Crippen molar-refractivity contribution in [2.45, 2.75) is 18.6 Å². The van der Waals surface area contributed by atoms with Crippen molar-refractivity contribution in [1.29, 1.82) is 0 Å². The van der Waals surface area contributed by atoms with Crippen LogP contribution in [0.25, 0.3) is 22.3 Å². The van der Waals surface area contributed by atoms with Gasteiger partial charge in [-0.05, 0) is 11.5 Å². The SMILES string of the molecule is CO[C@H]1C[C@H](c2nc(-c3nccc4ccccc34)no2)N(S(C)(=O)=O)C1. The largest absolute Gasteiger partial charge is 0.380 e. The van der Waals surface area contributed by atoms with Crippen LogP contribution in [0, 0.1) is 0 Å². The van der Waals surface area contributed by atoms with Gasteiger partial charge in [-0.3, -0.25) is 4.98 Å². The third-order valence-corrected chi connectivity index (χ3v) is 5.84. The fourth-order valence-electron chi connectivity index (χ4n) is 3.29. The molecule has 0 N–H and O–H groups in total. The maximum absolute atomic E-state index is 12.1. The molecule has 0 bridgehead atoms. The number of rotatable bonds is 4. The van der Waals surface area contributed by atoms with Gasteiger partial charge in [0.15, 0.2) is 0 Å². The Bertz CT molecular complexity index is 1040. The molecule has 3 heterocycles. The Kier molecular flexibility index (Phi) is 4.22. The van der Waals surface area contributed by atoms with E-state index < -0.39 is 16.1 Å². The molecule has 0 unspecified atom stereocenters. The van der Waals surface area contributed by atoms with E-state index in [9.17, 15) is 8.42 Å². The molecule has 0 amide bonds. The van der Waals surface area contributed by atoms with Crippen molar-refractivity contribution in [2.75, 3.05) is 19.9 Å². The summed E-state index contributed by atoms with van der Waals surface area (Å²) in [4.78, 5) is 8.82. The zero-order valence-electron chi connectivity index (χ0n) is 14.4. The van der Waals surface area contributed by atoms with Gasteiger partial charge in [-0.1, -0.05) is 29.4 Å². The van der Waals surface area contributed by atoms with Crippen LogP contribution in [0.4, 0.5) is 0 Å². The quantitative estimate of drug-likeness (QED) is 0.689. The second-order valence-electron chi connectivity index (χ2n) is 6.28. The fourth-order valence-corrected chi connectivity index (χ4v) is 4.37. The van der Waals surface area contributed by atoms with E-state index in [1.54, 1.807) is 13.3 Å². The van der Waals surface area contributed by atoms with Gasteiger partial charge in [0.1, 0.15) is 11.7 Å². The van der Waals surface area contributed by atoms with Gasteiger partial charge in [0.05, 0.1) is 12.4 Å². The third kappa shape index (κ3) is 2.98. The van der Waals surface area contributed by atoms with E-state index in [4.69, 9.17) is 9.26 Å². The summed E-state index contributed by atoms with van der Waals surface area (Å²) in [7, 11) is -1.86. The summed E-state index contributed by atoms with van der Waals surface area (Å²) in [6, 6.07) is 9.15. The Labute approximate surface area is 150 Å². The molecule has 2 atom stereocenters. The first-order valence-electron chi connectivity index (χ1n) is 8.14. The molecule has 3 aromatic rings. The molecular formula is C17H18N4O4S. The molecule has 1 aliphatic rings. The second kappa shape index (κ2) is 6.42. The van der Waals surface area contributed by atoms with Crippen LogP contribution >= 0.6 is 0 Å². The molecule has 9 heteroatoms. The Morgan fingerprint density at radius 1 is 1.27 bits per heavy atom. The summed E-state index contributed by atoms with van der Waals surface area (Å²) in [6.07, 6.45) is 3.11. The van der Waals surface area contributed by atoms with Gasteiger partial charge in [-0.2, -0.15) is 9.29 Å². The Balaban J connectivity index is 1.74. The molecule has 1 aromatic carbocycles. The summed E-state index contributed by atoms with van der Waals surface area (Å²) in [5.41, 5.74) is 0.602. The van der Waals surface area contributed by atoms with Crippen LogP contribution in [0.1, 0.15) is 18.4 Å². The van der Waals surface area contributed by atoms with E-state index in [0.717, 1.165) is 10.8 Å². The van der Waals surface area contributed by atoms with E-state index in [0.29, 0.717) is 17.9 Å². The number of aromatic nitrogens is 3. The van der Waals surface area contributed by atoms with Crippen molar-refractivity contribution in [3.63, 3.8) is 0 Å². The molecular weight excluding hydrogens is 356 g/mol. The Morgan fingerprint density at radius 3 is 2.85 bits per heavy atom. The average Bonchev–Trinajstić information content (AvgIpc) is 3.27. The number of methoxy groups -OCH3 is 1. The number of sulfonamides is 1. The molecule has 2 aromatic heterocycles. The van der Waals surface area contributed by atoms with Crippen LogP contribution in [-0.4, -0.2) is 53.9 Å². The van der Waals surface area contributed by atoms with Gasteiger partial charge in [0.2, 0.25) is 21.7 Å². The smallest absolute Gasteiger partial charge is 0.245 e. The summed E-state index contributed by atoms with van der Waals surface area (Å²) >= 11 is 0. The van der Waals surface area contributed by atoms with Gasteiger partial charge in [0.25, 0.3) is 0 Å². The lowest BCUT2D eigenvalue weighted by atomic mass is 10.1. The van der Waals surface area contributed by atoms with Gasteiger partial charge in [-0.15, -0.1) is 0 Å². The van der Waals surface area contributed by atoms with Crippen molar-refractivity contribution in [1.82, 2.24) is 19.4 Å². The zero-order chi connectivity index (χ0) is 18.3. The molecule has 0 saturated carbocycles. The molecule has 0 spiro atoms. The minimum Gasteiger partial charge on any atom is -0.380 e. The molecule has 0 radical (unpaired) electrons. The number of fused-ring (bicyclic) bond motifs is 1. The number of hydrogen-bond donors (Lipinski definition) is 0. The van der Waals surface area contributed by atoms with Crippen molar-refractivity contribution >= 4 is 20.8 Å². The Morgan fingerprint density at radius 2 is 2.08 bits per heavy atom. The topological polar surface area (TPSA) is 98.4 Å². The predicted molar refractivity (Wildman–Crippen MR) is 94.7 cm³/mol. The molecule has 136 valence electrons. The molecule has 4 rings (SSSR count). The molecule has 1 saturated heterocycles. The van der Waals surface area contributed by atoms with Gasteiger partial charge in [0, 0.05) is 31.7 Å². The lowest BCUT2D eigenvalue weighted by Gasteiger charge is -2.18. The number of hydrogen-bond acceptors (Lipinski definition) is 7. The number of benzene rings is 1. The molecule has 1 fully saturated rings. The zero-order valence-corrected chi connectivity index (χ0v) is 15.2. The van der Waals surface area contributed by atoms with E-state index in [1.165, 1.54) is 10.6 Å². The molecule has 26 heavy (non-hydrogen) atoms. The minimum absolute atomic E-state index is 0.208.